The maximum absolute atomic E-state index is 8.71. The van der Waals surface area contributed by atoms with Crippen molar-refractivity contribution in [3.8, 4) is 0 Å². The van der Waals surface area contributed by atoms with Gasteiger partial charge < -0.3 is 15.6 Å². The van der Waals surface area contributed by atoms with Gasteiger partial charge >= 0.3 is 0 Å². The Morgan fingerprint density at radius 1 is 1.89 bits per heavy atom. The van der Waals surface area contributed by atoms with Crippen molar-refractivity contribution in [2.45, 2.75) is 25.5 Å². The summed E-state index contributed by atoms with van der Waals surface area (Å²) in [5.41, 5.74) is 5.31. The fourth-order valence-electron chi connectivity index (χ4n) is 0.607. The van der Waals surface area contributed by atoms with Gasteiger partial charge in [0.15, 0.2) is 0 Å². The van der Waals surface area contributed by atoms with Crippen LogP contribution in [0.4, 0.5) is 0 Å². The Hall–Kier alpha value is -0.160. The standard InChI is InChI=1S/C5H12N2O2/c1-3(8)7-2-4-5(6)9-4/h3-5,7-8H,2,6H2,1H3/t3?,4-,5?/m0/s1. The minimum atomic E-state index is -0.471. The van der Waals surface area contributed by atoms with E-state index in [9.17, 15) is 0 Å². The summed E-state index contributed by atoms with van der Waals surface area (Å²) in [6.07, 6.45) is -0.475. The lowest BCUT2D eigenvalue weighted by Crippen LogP contribution is -2.30. The number of epoxide rings is 1. The summed E-state index contributed by atoms with van der Waals surface area (Å²) in [6, 6.07) is 0. The van der Waals surface area contributed by atoms with E-state index in [1.807, 2.05) is 0 Å². The van der Waals surface area contributed by atoms with Crippen LogP contribution in [-0.4, -0.2) is 30.2 Å². The SMILES string of the molecule is CC(O)NC[C@@H]1OC1N. The molecule has 9 heavy (non-hydrogen) atoms. The van der Waals surface area contributed by atoms with Crippen molar-refractivity contribution < 1.29 is 9.84 Å². The molecule has 0 aromatic carbocycles. The van der Waals surface area contributed by atoms with Gasteiger partial charge in [0, 0.05) is 6.54 Å². The highest BCUT2D eigenvalue weighted by Gasteiger charge is 2.34. The van der Waals surface area contributed by atoms with Crippen LogP contribution in [0.3, 0.4) is 0 Å². The average Bonchev–Trinajstić information content (AvgIpc) is 2.42. The average molecular weight is 132 g/mol. The van der Waals surface area contributed by atoms with E-state index in [1.165, 1.54) is 0 Å². The largest absolute Gasteiger partial charge is 0.379 e. The van der Waals surface area contributed by atoms with Crippen LogP contribution in [0.25, 0.3) is 0 Å². The van der Waals surface area contributed by atoms with Crippen molar-refractivity contribution in [1.29, 1.82) is 0 Å². The minimum absolute atomic E-state index is 0.111. The van der Waals surface area contributed by atoms with Crippen LogP contribution in [0.1, 0.15) is 6.92 Å². The zero-order chi connectivity index (χ0) is 6.85. The lowest BCUT2D eigenvalue weighted by Gasteiger charge is -2.02. The number of hydrogen-bond acceptors (Lipinski definition) is 4. The highest BCUT2D eigenvalue weighted by molar-refractivity contribution is 4.80. The molecule has 0 aromatic heterocycles. The third kappa shape index (κ3) is 2.28. The van der Waals surface area contributed by atoms with E-state index in [2.05, 4.69) is 5.32 Å². The first-order valence-electron chi connectivity index (χ1n) is 3.02. The normalized spacial score (nSPS) is 36.3. The van der Waals surface area contributed by atoms with Crippen LogP contribution in [-0.2, 0) is 4.74 Å². The van der Waals surface area contributed by atoms with Crippen molar-refractivity contribution >= 4 is 0 Å². The number of aliphatic hydroxyl groups is 1. The Kier molecular flexibility index (Phi) is 2.02. The molecule has 0 aliphatic carbocycles. The quantitative estimate of drug-likeness (QED) is 0.326. The molecule has 1 heterocycles. The summed E-state index contributed by atoms with van der Waals surface area (Å²) in [6.45, 7) is 2.30. The molecule has 54 valence electrons. The molecule has 0 aromatic rings. The smallest absolute Gasteiger partial charge is 0.134 e. The molecule has 1 fully saturated rings. The number of nitrogens with two attached hydrogens (primary N) is 1. The highest BCUT2D eigenvalue weighted by atomic mass is 16.6. The molecule has 0 saturated carbocycles. The fraction of sp³-hybridized carbons (Fsp3) is 1.00. The molecule has 2 unspecified atom stereocenters. The number of hydrogen-bond donors (Lipinski definition) is 3. The van der Waals surface area contributed by atoms with Crippen LogP contribution < -0.4 is 11.1 Å². The predicted octanol–water partition coefficient (Wildman–Crippen LogP) is -1.40. The van der Waals surface area contributed by atoms with Gasteiger partial charge in [-0.3, -0.25) is 5.32 Å². The number of nitrogens with one attached hydrogen (secondary N) is 1. The Labute approximate surface area is 54.0 Å². The molecule has 4 heteroatoms. The molecule has 1 aliphatic rings. The van der Waals surface area contributed by atoms with Gasteiger partial charge in [-0.25, -0.2) is 0 Å². The molecule has 0 radical (unpaired) electrons. The minimum Gasteiger partial charge on any atom is -0.379 e. The summed E-state index contributed by atoms with van der Waals surface area (Å²) in [5, 5.41) is 11.5. The third-order valence-corrected chi connectivity index (χ3v) is 1.24. The first-order valence-corrected chi connectivity index (χ1v) is 3.02. The lowest BCUT2D eigenvalue weighted by molar-refractivity contribution is 0.153. The van der Waals surface area contributed by atoms with Crippen molar-refractivity contribution in [3.63, 3.8) is 0 Å². The van der Waals surface area contributed by atoms with Gasteiger partial charge in [-0.1, -0.05) is 0 Å². The molecular formula is C5H12N2O2. The summed E-state index contributed by atoms with van der Waals surface area (Å²) >= 11 is 0. The van der Waals surface area contributed by atoms with E-state index in [-0.39, 0.29) is 12.3 Å². The first kappa shape index (κ1) is 6.95. The van der Waals surface area contributed by atoms with E-state index in [1.54, 1.807) is 6.92 Å². The van der Waals surface area contributed by atoms with Crippen molar-refractivity contribution in [3.05, 3.63) is 0 Å². The number of rotatable bonds is 3. The van der Waals surface area contributed by atoms with Crippen molar-refractivity contribution in [2.75, 3.05) is 6.54 Å². The highest BCUT2D eigenvalue weighted by Crippen LogP contribution is 2.14. The van der Waals surface area contributed by atoms with E-state index in [0.29, 0.717) is 6.54 Å². The van der Waals surface area contributed by atoms with E-state index >= 15 is 0 Å². The summed E-state index contributed by atoms with van der Waals surface area (Å²) in [4.78, 5) is 0. The van der Waals surface area contributed by atoms with Crippen LogP contribution >= 0.6 is 0 Å². The number of aliphatic hydroxyl groups excluding tert-OH is 1. The Bertz CT molecular complexity index is 97.0. The zero-order valence-electron chi connectivity index (χ0n) is 5.37. The van der Waals surface area contributed by atoms with Crippen LogP contribution in [0.2, 0.25) is 0 Å². The van der Waals surface area contributed by atoms with Gasteiger partial charge in [0.2, 0.25) is 0 Å². The maximum Gasteiger partial charge on any atom is 0.134 e. The van der Waals surface area contributed by atoms with Crippen molar-refractivity contribution in [2.24, 2.45) is 5.73 Å². The van der Waals surface area contributed by atoms with E-state index in [0.717, 1.165) is 0 Å². The molecule has 3 atom stereocenters. The van der Waals surface area contributed by atoms with Crippen LogP contribution in [0, 0.1) is 0 Å². The zero-order valence-corrected chi connectivity index (χ0v) is 5.37. The third-order valence-electron chi connectivity index (χ3n) is 1.24. The molecule has 0 bridgehead atoms. The van der Waals surface area contributed by atoms with E-state index in [4.69, 9.17) is 15.6 Å². The monoisotopic (exact) mass is 132 g/mol. The summed E-state index contributed by atoms with van der Waals surface area (Å²) in [7, 11) is 0. The fourth-order valence-corrected chi connectivity index (χ4v) is 0.607. The van der Waals surface area contributed by atoms with Crippen molar-refractivity contribution in [1.82, 2.24) is 5.32 Å². The van der Waals surface area contributed by atoms with Gasteiger partial charge in [0.1, 0.15) is 18.6 Å². The van der Waals surface area contributed by atoms with E-state index < -0.39 is 6.23 Å². The molecule has 4 N–H and O–H groups in total. The van der Waals surface area contributed by atoms with Gasteiger partial charge in [-0.15, -0.1) is 0 Å². The Balaban J connectivity index is 1.94. The molecule has 4 nitrogen and oxygen atoms in total. The topological polar surface area (TPSA) is 70.8 Å². The summed E-state index contributed by atoms with van der Waals surface area (Å²) in [5.74, 6) is 0. The molecular weight excluding hydrogens is 120 g/mol. The van der Waals surface area contributed by atoms with Gasteiger partial charge in [0.05, 0.1) is 0 Å². The molecule has 1 aliphatic heterocycles. The summed E-state index contributed by atoms with van der Waals surface area (Å²) < 4.78 is 4.87. The molecule has 1 saturated heterocycles. The number of ether oxygens (including phenoxy) is 1. The second-order valence-electron chi connectivity index (χ2n) is 2.22. The molecule has 1 rings (SSSR count). The first-order chi connectivity index (χ1) is 4.20. The second kappa shape index (κ2) is 2.62. The van der Waals surface area contributed by atoms with Gasteiger partial charge in [0.25, 0.3) is 0 Å². The Morgan fingerprint density at radius 3 is 2.78 bits per heavy atom. The Morgan fingerprint density at radius 2 is 2.44 bits per heavy atom. The van der Waals surface area contributed by atoms with Gasteiger partial charge in [-0.05, 0) is 6.92 Å². The van der Waals surface area contributed by atoms with Gasteiger partial charge in [-0.2, -0.15) is 0 Å². The molecule has 0 spiro atoms. The molecule has 0 amide bonds. The second-order valence-corrected chi connectivity index (χ2v) is 2.22. The maximum atomic E-state index is 8.71. The van der Waals surface area contributed by atoms with Crippen LogP contribution in [0.15, 0.2) is 0 Å². The predicted molar refractivity (Wildman–Crippen MR) is 32.5 cm³/mol. The van der Waals surface area contributed by atoms with Crippen LogP contribution in [0.5, 0.6) is 0 Å². The lowest BCUT2D eigenvalue weighted by atomic mass is 10.4.